The number of aromatic nitrogens is 1. The van der Waals surface area contributed by atoms with Gasteiger partial charge in [0.05, 0.1) is 17.6 Å². The fourth-order valence-corrected chi connectivity index (χ4v) is 2.63. The van der Waals surface area contributed by atoms with Gasteiger partial charge >= 0.3 is 0 Å². The lowest BCUT2D eigenvalue weighted by molar-refractivity contribution is 0.344. The summed E-state index contributed by atoms with van der Waals surface area (Å²) in [5.74, 6) is 0.229. The van der Waals surface area contributed by atoms with Crippen LogP contribution in [0, 0.1) is 16.7 Å². The van der Waals surface area contributed by atoms with Gasteiger partial charge in [0.25, 0.3) is 0 Å². The first kappa shape index (κ1) is 14.3. The second-order valence-electron chi connectivity index (χ2n) is 5.40. The zero-order valence-corrected chi connectivity index (χ0v) is 12.6. The van der Waals surface area contributed by atoms with Crippen LogP contribution in [0.4, 0.5) is 5.69 Å². The van der Waals surface area contributed by atoms with Crippen LogP contribution in [0.3, 0.4) is 0 Å². The number of fused-ring (bicyclic) bond motifs is 1. The van der Waals surface area contributed by atoms with Crippen LogP contribution < -0.4 is 5.32 Å². The number of nitriles is 1. The highest BCUT2D eigenvalue weighted by atomic mass is 15.2. The predicted octanol–water partition coefficient (Wildman–Crippen LogP) is 2.25. The van der Waals surface area contributed by atoms with Crippen molar-refractivity contribution in [3.8, 4) is 6.07 Å². The molecule has 0 radical (unpaired) electrons. The minimum absolute atomic E-state index is 0.168. The first-order valence-corrected chi connectivity index (χ1v) is 7.45. The number of nitrogens with one attached hydrogen (secondary N) is 2. The lowest BCUT2D eigenvalue weighted by atomic mass is 10.1. The number of piperidine rings is 1. The molecule has 0 spiro atoms. The number of anilines is 1. The van der Waals surface area contributed by atoms with E-state index in [1.165, 1.54) is 6.42 Å². The maximum atomic E-state index is 9.26. The van der Waals surface area contributed by atoms with E-state index in [1.54, 1.807) is 12.4 Å². The third-order valence-corrected chi connectivity index (χ3v) is 3.98. The maximum absolute atomic E-state index is 9.26. The minimum atomic E-state index is 0.168. The Hall–Kier alpha value is -2.68. The number of hydrogen-bond acceptors (Lipinski definition) is 5. The van der Waals surface area contributed by atoms with Crippen molar-refractivity contribution in [2.24, 2.45) is 4.99 Å². The zero-order valence-electron chi connectivity index (χ0n) is 12.6. The summed E-state index contributed by atoms with van der Waals surface area (Å²) in [4.78, 5) is 10.5. The van der Waals surface area contributed by atoms with Gasteiger partial charge in [-0.05, 0) is 25.3 Å². The van der Waals surface area contributed by atoms with Crippen LogP contribution >= 0.6 is 0 Å². The van der Waals surface area contributed by atoms with E-state index < -0.39 is 0 Å². The van der Waals surface area contributed by atoms with Gasteiger partial charge in [-0.15, -0.1) is 0 Å². The van der Waals surface area contributed by atoms with Crippen LogP contribution in [0.2, 0.25) is 0 Å². The van der Waals surface area contributed by atoms with Crippen molar-refractivity contribution in [3.05, 3.63) is 29.7 Å². The Kier molecular flexibility index (Phi) is 3.88. The summed E-state index contributed by atoms with van der Waals surface area (Å²) in [5.41, 5.74) is 4.04. The molecule has 0 atom stereocenters. The Bertz CT molecular complexity index is 704. The van der Waals surface area contributed by atoms with E-state index in [0.717, 1.165) is 48.4 Å². The van der Waals surface area contributed by atoms with Gasteiger partial charge < -0.3 is 10.2 Å². The number of pyridine rings is 1. The number of rotatable bonds is 3. The molecule has 1 aromatic heterocycles. The molecule has 1 aliphatic heterocycles. The van der Waals surface area contributed by atoms with E-state index in [0.29, 0.717) is 0 Å². The van der Waals surface area contributed by atoms with Crippen LogP contribution in [0.25, 0.3) is 5.57 Å². The molecule has 0 unspecified atom stereocenters. The van der Waals surface area contributed by atoms with Gasteiger partial charge in [-0.3, -0.25) is 10.4 Å². The van der Waals surface area contributed by atoms with Gasteiger partial charge in [0.15, 0.2) is 11.5 Å². The standard InChI is InChI=1S/C16H18N6/c1-19-11-7-12-13(15(12)21-9-11)10-20-14(8-17)16(18)22-5-3-2-4-6-22/h7,9-10,18-19H,2-6H2,1H3/b13-10-,18-16?,20-14-. The molecular weight excluding hydrogens is 276 g/mol. The summed E-state index contributed by atoms with van der Waals surface area (Å²) in [6, 6.07) is 4.04. The molecule has 6 heteroatoms. The van der Waals surface area contributed by atoms with Crippen molar-refractivity contribution in [1.82, 2.24) is 9.88 Å². The monoisotopic (exact) mass is 294 g/mol. The van der Waals surface area contributed by atoms with Crippen molar-refractivity contribution >= 4 is 22.8 Å². The molecule has 1 saturated heterocycles. The van der Waals surface area contributed by atoms with Crippen LogP contribution in [0.5, 0.6) is 0 Å². The molecule has 0 saturated carbocycles. The molecule has 6 nitrogen and oxygen atoms in total. The van der Waals surface area contributed by atoms with E-state index >= 15 is 0 Å². The van der Waals surface area contributed by atoms with E-state index in [-0.39, 0.29) is 11.5 Å². The zero-order chi connectivity index (χ0) is 15.5. The van der Waals surface area contributed by atoms with E-state index in [2.05, 4.69) is 15.3 Å². The Morgan fingerprint density at radius 1 is 1.45 bits per heavy atom. The predicted molar refractivity (Wildman–Crippen MR) is 87.1 cm³/mol. The van der Waals surface area contributed by atoms with Gasteiger partial charge in [-0.1, -0.05) is 0 Å². The number of likely N-dealkylation sites (tertiary alicyclic amines) is 1. The van der Waals surface area contributed by atoms with Crippen molar-refractivity contribution < 1.29 is 0 Å². The molecule has 1 aliphatic carbocycles. The SMILES string of the molecule is CNc1cnc2c(c1)/C2=C/N=C(/C#N)C(=N)N1CCCCC1. The average Bonchev–Trinajstić information content (AvgIpc) is 3.28. The molecule has 112 valence electrons. The molecule has 1 fully saturated rings. The summed E-state index contributed by atoms with van der Waals surface area (Å²) < 4.78 is 0. The van der Waals surface area contributed by atoms with Crippen LogP contribution in [0.15, 0.2) is 23.5 Å². The molecule has 0 aromatic carbocycles. The fourth-order valence-electron chi connectivity index (χ4n) is 2.63. The normalized spacial score (nSPS) is 18.6. The van der Waals surface area contributed by atoms with E-state index in [4.69, 9.17) is 5.41 Å². The Balaban J connectivity index is 1.75. The number of amidine groups is 1. The van der Waals surface area contributed by atoms with Gasteiger partial charge in [-0.2, -0.15) is 5.26 Å². The molecule has 2 N–H and O–H groups in total. The van der Waals surface area contributed by atoms with Crippen molar-refractivity contribution in [3.63, 3.8) is 0 Å². The molecular formula is C16H18N6. The summed E-state index contributed by atoms with van der Waals surface area (Å²) in [6.07, 6.45) is 6.76. The lowest BCUT2D eigenvalue weighted by Gasteiger charge is -2.27. The Morgan fingerprint density at radius 2 is 2.23 bits per heavy atom. The second kappa shape index (κ2) is 5.98. The average molecular weight is 294 g/mol. The molecule has 1 aromatic rings. The molecule has 0 bridgehead atoms. The lowest BCUT2D eigenvalue weighted by Crippen LogP contribution is -2.39. The summed E-state index contributed by atoms with van der Waals surface area (Å²) in [7, 11) is 1.85. The van der Waals surface area contributed by atoms with Gasteiger partial charge in [0.2, 0.25) is 0 Å². The van der Waals surface area contributed by atoms with Crippen molar-refractivity contribution in [2.45, 2.75) is 19.3 Å². The number of aliphatic imine (C=N–C) groups is 1. The second-order valence-corrected chi connectivity index (χ2v) is 5.40. The fraction of sp³-hybridized carbons (Fsp3) is 0.375. The Morgan fingerprint density at radius 3 is 2.91 bits per heavy atom. The van der Waals surface area contributed by atoms with Crippen molar-refractivity contribution in [1.29, 1.82) is 10.7 Å². The Labute approximate surface area is 129 Å². The maximum Gasteiger partial charge on any atom is 0.182 e. The topological polar surface area (TPSA) is 88.2 Å². The molecule has 3 rings (SSSR count). The number of hydrogen-bond donors (Lipinski definition) is 2. The van der Waals surface area contributed by atoms with E-state index in [9.17, 15) is 5.26 Å². The highest BCUT2D eigenvalue weighted by Crippen LogP contribution is 2.41. The largest absolute Gasteiger partial charge is 0.387 e. The highest BCUT2D eigenvalue weighted by molar-refractivity contribution is 6.46. The van der Waals surface area contributed by atoms with Crippen LogP contribution in [-0.2, 0) is 0 Å². The third kappa shape index (κ3) is 2.70. The van der Waals surface area contributed by atoms with E-state index in [1.807, 2.05) is 24.1 Å². The quantitative estimate of drug-likeness (QED) is 0.671. The smallest absolute Gasteiger partial charge is 0.182 e. The molecule has 2 aliphatic rings. The summed E-state index contributed by atoms with van der Waals surface area (Å²) >= 11 is 0. The van der Waals surface area contributed by atoms with Gasteiger partial charge in [0.1, 0.15) is 6.07 Å². The summed E-state index contributed by atoms with van der Waals surface area (Å²) in [5, 5.41) is 20.4. The first-order valence-electron chi connectivity index (χ1n) is 7.45. The van der Waals surface area contributed by atoms with Crippen LogP contribution in [0.1, 0.15) is 30.5 Å². The van der Waals surface area contributed by atoms with Crippen LogP contribution in [-0.4, -0.2) is 41.6 Å². The third-order valence-electron chi connectivity index (χ3n) is 3.98. The molecule has 2 heterocycles. The molecule has 22 heavy (non-hydrogen) atoms. The van der Waals surface area contributed by atoms with Gasteiger partial charge in [-0.25, -0.2) is 4.99 Å². The summed E-state index contributed by atoms with van der Waals surface area (Å²) in [6.45, 7) is 1.67. The van der Waals surface area contributed by atoms with Crippen molar-refractivity contribution in [2.75, 3.05) is 25.5 Å². The first-order chi connectivity index (χ1) is 10.7. The molecule has 0 amide bonds. The number of nitrogens with zero attached hydrogens (tertiary/aromatic N) is 4. The van der Waals surface area contributed by atoms with Gasteiger partial charge in [0, 0.05) is 37.5 Å². The minimum Gasteiger partial charge on any atom is -0.387 e. The highest BCUT2D eigenvalue weighted by Gasteiger charge is 2.27.